The topological polar surface area (TPSA) is 80.8 Å². The molecule has 2 aromatic rings. The quantitative estimate of drug-likeness (QED) is 0.433. The summed E-state index contributed by atoms with van der Waals surface area (Å²) in [5.41, 5.74) is 1.28. The molecule has 38 heavy (non-hydrogen) atoms. The highest BCUT2D eigenvalue weighted by molar-refractivity contribution is 6.31. The number of benzene rings is 1. The highest BCUT2D eigenvalue weighted by Gasteiger charge is 2.31. The first kappa shape index (κ1) is 26.9. The Kier molecular flexibility index (Phi) is 9.14. The van der Waals surface area contributed by atoms with Crippen molar-refractivity contribution in [3.8, 4) is 0 Å². The number of halogens is 1. The fourth-order valence-corrected chi connectivity index (χ4v) is 6.08. The molecule has 3 amide bonds. The Balaban J connectivity index is 1.09. The maximum Gasteiger partial charge on any atom is 0.327 e. The van der Waals surface area contributed by atoms with Gasteiger partial charge in [-0.3, -0.25) is 4.79 Å². The van der Waals surface area contributed by atoms with Gasteiger partial charge in [0, 0.05) is 24.3 Å². The van der Waals surface area contributed by atoms with Crippen LogP contribution in [0.2, 0.25) is 5.02 Å². The van der Waals surface area contributed by atoms with Gasteiger partial charge in [-0.1, -0.05) is 30.9 Å². The van der Waals surface area contributed by atoms with E-state index in [9.17, 15) is 9.59 Å². The lowest BCUT2D eigenvalue weighted by molar-refractivity contribution is 0.102. The van der Waals surface area contributed by atoms with Crippen molar-refractivity contribution in [2.75, 3.05) is 56.0 Å². The molecule has 2 saturated heterocycles. The number of carbonyl (C=O) groups excluding carboxylic acids is 2. The SMILES string of the molecule is O=C1Nc2cccnc2N(C(=O)NCCN2CCC(CCCCN3CCCCC3)CC2)c2cc(Cl)ccc21. The lowest BCUT2D eigenvalue weighted by Crippen LogP contribution is -2.43. The van der Waals surface area contributed by atoms with E-state index in [0.29, 0.717) is 34.3 Å². The van der Waals surface area contributed by atoms with Gasteiger partial charge in [-0.15, -0.1) is 0 Å². The number of carbonyl (C=O) groups is 2. The zero-order valence-corrected chi connectivity index (χ0v) is 22.9. The van der Waals surface area contributed by atoms with Crippen LogP contribution in [0.1, 0.15) is 61.7 Å². The summed E-state index contributed by atoms with van der Waals surface area (Å²) >= 11 is 6.25. The van der Waals surface area contributed by atoms with E-state index in [-0.39, 0.29) is 11.9 Å². The van der Waals surface area contributed by atoms with E-state index < -0.39 is 0 Å². The maximum atomic E-state index is 13.4. The van der Waals surface area contributed by atoms with Gasteiger partial charge in [-0.25, -0.2) is 14.7 Å². The Morgan fingerprint density at radius 2 is 1.82 bits per heavy atom. The van der Waals surface area contributed by atoms with Crippen molar-refractivity contribution in [2.24, 2.45) is 5.92 Å². The van der Waals surface area contributed by atoms with Crippen LogP contribution >= 0.6 is 11.6 Å². The normalized spacial score (nSPS) is 18.9. The zero-order chi connectivity index (χ0) is 26.3. The van der Waals surface area contributed by atoms with Crippen LogP contribution in [0.15, 0.2) is 36.5 Å². The Hall–Kier alpha value is -2.68. The molecular formula is C29H39ClN6O2. The van der Waals surface area contributed by atoms with Crippen molar-refractivity contribution in [3.05, 3.63) is 47.1 Å². The van der Waals surface area contributed by atoms with Crippen LogP contribution in [0.5, 0.6) is 0 Å². The van der Waals surface area contributed by atoms with Crippen LogP contribution in [0.3, 0.4) is 0 Å². The molecule has 0 unspecified atom stereocenters. The van der Waals surface area contributed by atoms with Crippen LogP contribution in [0.25, 0.3) is 0 Å². The average molecular weight is 539 g/mol. The number of urea groups is 1. The number of piperidine rings is 2. The number of amides is 3. The highest BCUT2D eigenvalue weighted by atomic mass is 35.5. The fraction of sp³-hybridized carbons (Fsp3) is 0.552. The van der Waals surface area contributed by atoms with Crippen LogP contribution in [-0.4, -0.2) is 72.5 Å². The minimum atomic E-state index is -0.325. The first-order valence-electron chi connectivity index (χ1n) is 14.2. The van der Waals surface area contributed by atoms with Gasteiger partial charge in [-0.05, 0) is 101 Å². The maximum absolute atomic E-state index is 13.4. The van der Waals surface area contributed by atoms with Crippen LogP contribution in [-0.2, 0) is 0 Å². The molecule has 0 aliphatic carbocycles. The van der Waals surface area contributed by atoms with Crippen LogP contribution in [0.4, 0.5) is 22.0 Å². The second-order valence-electron chi connectivity index (χ2n) is 10.7. The van der Waals surface area contributed by atoms with Gasteiger partial charge in [0.15, 0.2) is 5.82 Å². The number of nitrogens with one attached hydrogen (secondary N) is 2. The van der Waals surface area contributed by atoms with Gasteiger partial charge in [0.2, 0.25) is 0 Å². The van der Waals surface area contributed by atoms with E-state index in [1.807, 2.05) is 0 Å². The predicted octanol–water partition coefficient (Wildman–Crippen LogP) is 5.52. The number of hydrogen-bond donors (Lipinski definition) is 2. The smallest absolute Gasteiger partial charge is 0.327 e. The monoisotopic (exact) mass is 538 g/mol. The second kappa shape index (κ2) is 12.9. The van der Waals surface area contributed by atoms with Crippen molar-refractivity contribution in [1.29, 1.82) is 0 Å². The standard InChI is InChI=1S/C29H39ClN6O2/c30-23-9-10-24-26(21-23)36(27-25(33-28(24)37)8-6-13-31-27)29(38)32-14-20-35-18-11-22(12-19-35)7-2-5-17-34-15-3-1-4-16-34/h6,8-10,13,21-22H,1-5,7,11-12,14-20H2,(H,32,38)(H,33,37). The second-order valence-corrected chi connectivity index (χ2v) is 11.2. The largest absolute Gasteiger partial charge is 0.336 e. The van der Waals surface area contributed by atoms with Gasteiger partial charge < -0.3 is 20.4 Å². The molecule has 8 nitrogen and oxygen atoms in total. The average Bonchev–Trinajstić information content (AvgIpc) is 3.05. The Morgan fingerprint density at radius 3 is 2.63 bits per heavy atom. The summed E-state index contributed by atoms with van der Waals surface area (Å²) in [5.74, 6) is 0.907. The molecule has 4 heterocycles. The molecule has 1 aromatic carbocycles. The molecule has 0 atom stereocenters. The summed E-state index contributed by atoms with van der Waals surface area (Å²) in [7, 11) is 0. The van der Waals surface area contributed by atoms with Crippen LogP contribution < -0.4 is 15.5 Å². The number of likely N-dealkylation sites (tertiary alicyclic amines) is 2. The van der Waals surface area contributed by atoms with Crippen molar-refractivity contribution in [2.45, 2.75) is 51.4 Å². The molecule has 5 rings (SSSR count). The Labute approximate surface area is 230 Å². The third kappa shape index (κ3) is 6.65. The summed E-state index contributed by atoms with van der Waals surface area (Å²) < 4.78 is 0. The van der Waals surface area contributed by atoms with E-state index >= 15 is 0 Å². The molecule has 0 saturated carbocycles. The van der Waals surface area contributed by atoms with Crippen molar-refractivity contribution < 1.29 is 9.59 Å². The minimum absolute atomic E-state index is 0.296. The molecule has 3 aliphatic heterocycles. The Bertz CT molecular complexity index is 1110. The van der Waals surface area contributed by atoms with Gasteiger partial charge in [0.05, 0.1) is 16.9 Å². The highest BCUT2D eigenvalue weighted by Crippen LogP contribution is 2.37. The fourth-order valence-electron chi connectivity index (χ4n) is 5.91. The molecule has 2 fully saturated rings. The third-order valence-electron chi connectivity index (χ3n) is 8.09. The van der Waals surface area contributed by atoms with E-state index in [2.05, 4.69) is 25.4 Å². The number of hydrogen-bond acceptors (Lipinski definition) is 5. The third-order valence-corrected chi connectivity index (χ3v) is 8.33. The summed E-state index contributed by atoms with van der Waals surface area (Å²) in [5, 5.41) is 6.35. The van der Waals surface area contributed by atoms with Crippen molar-refractivity contribution in [3.63, 3.8) is 0 Å². The lowest BCUT2D eigenvalue weighted by atomic mass is 9.91. The van der Waals surface area contributed by atoms with E-state index in [1.54, 1.807) is 36.5 Å². The molecule has 0 bridgehead atoms. The first-order chi connectivity index (χ1) is 18.6. The molecular weight excluding hydrogens is 500 g/mol. The molecule has 204 valence electrons. The Morgan fingerprint density at radius 1 is 1.03 bits per heavy atom. The van der Waals surface area contributed by atoms with E-state index in [4.69, 9.17) is 11.6 Å². The molecule has 2 N–H and O–H groups in total. The van der Waals surface area contributed by atoms with Crippen LogP contribution in [0, 0.1) is 5.92 Å². The molecule has 3 aliphatic rings. The van der Waals surface area contributed by atoms with Gasteiger partial charge >= 0.3 is 6.03 Å². The summed E-state index contributed by atoms with van der Waals surface area (Å²) in [4.78, 5) is 37.2. The summed E-state index contributed by atoms with van der Waals surface area (Å²) in [6, 6.07) is 8.07. The van der Waals surface area contributed by atoms with Gasteiger partial charge in [-0.2, -0.15) is 0 Å². The number of rotatable bonds is 8. The summed E-state index contributed by atoms with van der Waals surface area (Å²) in [6.45, 7) is 7.35. The number of aromatic nitrogens is 1. The van der Waals surface area contributed by atoms with Gasteiger partial charge in [0.1, 0.15) is 0 Å². The predicted molar refractivity (Wildman–Crippen MR) is 152 cm³/mol. The first-order valence-corrected chi connectivity index (χ1v) is 14.5. The van der Waals surface area contributed by atoms with E-state index in [1.165, 1.54) is 75.9 Å². The van der Waals surface area contributed by atoms with Crippen molar-refractivity contribution in [1.82, 2.24) is 20.1 Å². The van der Waals surface area contributed by atoms with Gasteiger partial charge in [0.25, 0.3) is 5.91 Å². The molecule has 0 spiro atoms. The minimum Gasteiger partial charge on any atom is -0.336 e. The number of nitrogens with zero attached hydrogens (tertiary/aromatic N) is 4. The zero-order valence-electron chi connectivity index (χ0n) is 22.1. The summed E-state index contributed by atoms with van der Waals surface area (Å²) in [6.07, 6.45) is 12.2. The number of fused-ring (bicyclic) bond motifs is 2. The number of anilines is 3. The molecule has 1 aromatic heterocycles. The molecule has 9 heteroatoms. The molecule has 0 radical (unpaired) electrons. The lowest BCUT2D eigenvalue weighted by Gasteiger charge is -2.32. The number of pyridine rings is 1. The van der Waals surface area contributed by atoms with Crippen molar-refractivity contribution >= 4 is 40.7 Å². The number of unbranched alkanes of at least 4 members (excludes halogenated alkanes) is 1. The van der Waals surface area contributed by atoms with E-state index in [0.717, 1.165) is 25.6 Å².